The van der Waals surface area contributed by atoms with Gasteiger partial charge >= 0.3 is 12.4 Å². The highest BCUT2D eigenvalue weighted by atomic mass is 19.4. The smallest absolute Gasteiger partial charge is 0.381 e. The third-order valence-corrected chi connectivity index (χ3v) is 4.58. The minimum absolute atomic E-state index is 0.0504. The van der Waals surface area contributed by atoms with Gasteiger partial charge in [-0.2, -0.15) is 26.3 Å². The number of aromatic nitrogens is 1. The van der Waals surface area contributed by atoms with Crippen LogP contribution in [-0.2, 0) is 21.9 Å². The molecule has 2 unspecified atom stereocenters. The molecule has 2 heterocycles. The van der Waals surface area contributed by atoms with Crippen molar-refractivity contribution in [1.82, 2.24) is 10.3 Å². The fraction of sp³-hybridized carbons (Fsp3) is 0.368. The van der Waals surface area contributed by atoms with Gasteiger partial charge in [-0.25, -0.2) is 0 Å². The molecule has 1 aromatic heterocycles. The van der Waals surface area contributed by atoms with Gasteiger partial charge in [-0.05, 0) is 36.2 Å². The Balaban J connectivity index is 2.02. The van der Waals surface area contributed by atoms with Crippen LogP contribution in [0.4, 0.5) is 26.3 Å². The summed E-state index contributed by atoms with van der Waals surface area (Å²) in [6.45, 7) is 0.473. The third-order valence-electron chi connectivity index (χ3n) is 4.58. The molecule has 1 N–H and O–H groups in total. The quantitative estimate of drug-likeness (QED) is 0.751. The molecule has 0 bridgehead atoms. The van der Waals surface area contributed by atoms with Crippen molar-refractivity contribution in [3.05, 3.63) is 65.0 Å². The molecule has 0 aliphatic carbocycles. The van der Waals surface area contributed by atoms with Crippen LogP contribution in [0.2, 0.25) is 0 Å². The van der Waals surface area contributed by atoms with Gasteiger partial charge < -0.3 is 10.1 Å². The highest BCUT2D eigenvalue weighted by Gasteiger charge is 2.38. The molecule has 1 aromatic carbocycles. The Morgan fingerprint density at radius 2 is 1.76 bits per heavy atom. The first-order valence-electron chi connectivity index (χ1n) is 8.65. The average molecular weight is 418 g/mol. The summed E-state index contributed by atoms with van der Waals surface area (Å²) in [5.74, 6) is -1.10. The van der Waals surface area contributed by atoms with Crippen LogP contribution in [0.5, 0.6) is 0 Å². The first-order chi connectivity index (χ1) is 13.6. The number of hydrogen-bond acceptors (Lipinski definition) is 3. The van der Waals surface area contributed by atoms with Crippen LogP contribution in [0, 0.1) is 5.92 Å². The lowest BCUT2D eigenvalue weighted by molar-refractivity contribution is -0.139. The molecule has 0 saturated carbocycles. The molecule has 1 amide bonds. The molecule has 1 aliphatic heterocycles. The van der Waals surface area contributed by atoms with Gasteiger partial charge in [0.15, 0.2) is 0 Å². The number of alkyl halides is 6. The first-order valence-corrected chi connectivity index (χ1v) is 8.65. The van der Waals surface area contributed by atoms with Gasteiger partial charge in [-0.3, -0.25) is 9.78 Å². The second-order valence-electron chi connectivity index (χ2n) is 6.56. The molecule has 3 rings (SSSR count). The van der Waals surface area contributed by atoms with Crippen LogP contribution < -0.4 is 5.32 Å². The molecule has 2 aromatic rings. The second-order valence-corrected chi connectivity index (χ2v) is 6.56. The lowest BCUT2D eigenvalue weighted by atomic mass is 9.96. The lowest BCUT2D eigenvalue weighted by Crippen LogP contribution is -2.36. The topological polar surface area (TPSA) is 51.2 Å². The summed E-state index contributed by atoms with van der Waals surface area (Å²) >= 11 is 0. The number of carbonyl (C=O) groups is 1. The number of nitrogens with zero attached hydrogens (tertiary/aromatic N) is 1. The number of nitrogens with one attached hydrogen (secondary N) is 1. The van der Waals surface area contributed by atoms with Crippen molar-refractivity contribution in [2.24, 2.45) is 5.92 Å². The van der Waals surface area contributed by atoms with Crippen molar-refractivity contribution >= 4 is 5.91 Å². The molecule has 1 fully saturated rings. The van der Waals surface area contributed by atoms with Crippen molar-refractivity contribution in [3.8, 4) is 0 Å². The number of pyridine rings is 1. The molecule has 0 spiro atoms. The van der Waals surface area contributed by atoms with Crippen molar-refractivity contribution < 1.29 is 35.9 Å². The van der Waals surface area contributed by atoms with E-state index in [0.717, 1.165) is 42.6 Å². The van der Waals surface area contributed by atoms with Crippen molar-refractivity contribution in [2.75, 3.05) is 13.2 Å². The number of hydrogen-bond donors (Lipinski definition) is 1. The Hall–Kier alpha value is -2.62. The van der Waals surface area contributed by atoms with Gasteiger partial charge in [-0.1, -0.05) is 12.1 Å². The van der Waals surface area contributed by atoms with E-state index in [4.69, 9.17) is 4.74 Å². The summed E-state index contributed by atoms with van der Waals surface area (Å²) in [5.41, 5.74) is -2.47. The Morgan fingerprint density at radius 1 is 1.07 bits per heavy atom. The predicted octanol–water partition coefficient (Wildman–Crippen LogP) is 4.36. The van der Waals surface area contributed by atoms with Gasteiger partial charge in [0.2, 0.25) is 5.91 Å². The monoisotopic (exact) mass is 418 g/mol. The fourth-order valence-electron chi connectivity index (χ4n) is 3.06. The Morgan fingerprint density at radius 3 is 2.31 bits per heavy atom. The number of carbonyl (C=O) groups excluding carboxylic acids is 1. The van der Waals surface area contributed by atoms with E-state index in [0.29, 0.717) is 13.0 Å². The van der Waals surface area contributed by atoms with Crippen LogP contribution in [0.25, 0.3) is 0 Å². The molecule has 1 saturated heterocycles. The maximum Gasteiger partial charge on any atom is 0.418 e. The van der Waals surface area contributed by atoms with Crippen molar-refractivity contribution in [2.45, 2.75) is 24.8 Å². The van der Waals surface area contributed by atoms with Gasteiger partial charge in [-0.15, -0.1) is 0 Å². The number of benzene rings is 1. The van der Waals surface area contributed by atoms with Crippen LogP contribution in [-0.4, -0.2) is 24.1 Å². The molecule has 29 heavy (non-hydrogen) atoms. The normalized spacial score (nSPS) is 18.5. The summed E-state index contributed by atoms with van der Waals surface area (Å²) in [7, 11) is 0. The van der Waals surface area contributed by atoms with E-state index >= 15 is 0 Å². The highest BCUT2D eigenvalue weighted by Crippen LogP contribution is 2.36. The van der Waals surface area contributed by atoms with Gasteiger partial charge in [0.1, 0.15) is 0 Å². The van der Waals surface area contributed by atoms with Crippen LogP contribution in [0.15, 0.2) is 42.6 Å². The van der Waals surface area contributed by atoms with Crippen molar-refractivity contribution in [1.29, 1.82) is 0 Å². The van der Waals surface area contributed by atoms with E-state index in [1.165, 1.54) is 0 Å². The number of rotatable bonds is 4. The summed E-state index contributed by atoms with van der Waals surface area (Å²) < 4.78 is 84.0. The number of halogens is 6. The molecule has 156 valence electrons. The molecular formula is C19H16F6N2O2. The standard InChI is InChI=1S/C19H16F6N2O2/c20-18(21,22)13-5-3-11(4-6-13)15(27-17(28)12-7-9-29-10-12)16-14(19(23,24)25)2-1-8-26-16/h1-6,8,12,15H,7,9-10H2,(H,27,28). The summed E-state index contributed by atoms with van der Waals surface area (Å²) in [6.07, 6.45) is -7.82. The van der Waals surface area contributed by atoms with Gasteiger partial charge in [0, 0.05) is 12.8 Å². The number of ether oxygens (including phenoxy) is 1. The van der Waals surface area contributed by atoms with E-state index in [1.54, 1.807) is 0 Å². The first kappa shape index (κ1) is 21.1. The zero-order valence-electron chi connectivity index (χ0n) is 14.8. The van der Waals surface area contributed by atoms with Crippen molar-refractivity contribution in [3.63, 3.8) is 0 Å². The van der Waals surface area contributed by atoms with Crippen LogP contribution >= 0.6 is 0 Å². The number of amides is 1. The van der Waals surface area contributed by atoms with E-state index in [9.17, 15) is 31.1 Å². The molecule has 0 radical (unpaired) electrons. The Kier molecular flexibility index (Phi) is 5.83. The van der Waals surface area contributed by atoms with Crippen LogP contribution in [0.3, 0.4) is 0 Å². The summed E-state index contributed by atoms with van der Waals surface area (Å²) in [4.78, 5) is 16.3. The fourth-order valence-corrected chi connectivity index (χ4v) is 3.06. The minimum Gasteiger partial charge on any atom is -0.381 e. The highest BCUT2D eigenvalue weighted by molar-refractivity contribution is 5.80. The molecular weight excluding hydrogens is 402 g/mol. The lowest BCUT2D eigenvalue weighted by Gasteiger charge is -2.24. The Bertz CT molecular complexity index is 858. The van der Waals surface area contributed by atoms with Gasteiger partial charge in [0.05, 0.1) is 35.4 Å². The Labute approximate surface area is 161 Å². The summed E-state index contributed by atoms with van der Waals surface area (Å²) in [5, 5.41) is 2.50. The zero-order chi connectivity index (χ0) is 21.2. The van der Waals surface area contributed by atoms with E-state index in [1.807, 2.05) is 0 Å². The zero-order valence-corrected chi connectivity index (χ0v) is 14.8. The molecule has 10 heteroatoms. The SMILES string of the molecule is O=C(NC(c1ccc(C(F)(F)F)cc1)c1ncccc1C(F)(F)F)C1CCOC1. The van der Waals surface area contributed by atoms with E-state index in [2.05, 4.69) is 10.3 Å². The molecule has 2 atom stereocenters. The third kappa shape index (κ3) is 4.87. The molecule has 1 aliphatic rings. The minimum atomic E-state index is -4.76. The van der Waals surface area contributed by atoms with Gasteiger partial charge in [0.25, 0.3) is 0 Å². The average Bonchev–Trinajstić information content (AvgIpc) is 3.20. The van der Waals surface area contributed by atoms with E-state index < -0.39 is 47.0 Å². The maximum atomic E-state index is 13.5. The second kappa shape index (κ2) is 8.02. The van der Waals surface area contributed by atoms with Crippen LogP contribution in [0.1, 0.15) is 34.8 Å². The predicted molar refractivity (Wildman–Crippen MR) is 89.6 cm³/mol. The van der Waals surface area contributed by atoms with E-state index in [-0.39, 0.29) is 12.2 Å². The largest absolute Gasteiger partial charge is 0.418 e. The maximum absolute atomic E-state index is 13.5. The summed E-state index contributed by atoms with van der Waals surface area (Å²) in [6, 6.07) is 4.12. The molecule has 4 nitrogen and oxygen atoms in total.